The highest BCUT2D eigenvalue weighted by Gasteiger charge is 2.31. The molecule has 0 aliphatic carbocycles. The third-order valence-electron chi connectivity index (χ3n) is 3.77. The fraction of sp³-hybridized carbons (Fsp3) is 0. The van der Waals surface area contributed by atoms with Crippen LogP contribution >= 0.6 is 0 Å². The summed E-state index contributed by atoms with van der Waals surface area (Å²) in [6.45, 7) is 0. The van der Waals surface area contributed by atoms with Crippen LogP contribution in [-0.4, -0.2) is 0 Å². The Morgan fingerprint density at radius 1 is 0.952 bits per heavy atom. The van der Waals surface area contributed by atoms with Gasteiger partial charge in [0, 0.05) is 6.07 Å². The summed E-state index contributed by atoms with van der Waals surface area (Å²) in [5.41, 5.74) is 2.93. The molecule has 0 bridgehead atoms. The summed E-state index contributed by atoms with van der Waals surface area (Å²) in [7, 11) is 0. The molecule has 0 N–H and O–H groups in total. The molecule has 100 valence electrons. The van der Waals surface area contributed by atoms with Crippen LogP contribution in [-0.2, 0) is 0 Å². The number of oxazole rings is 1. The van der Waals surface area contributed by atoms with Gasteiger partial charge in [-0.25, -0.2) is 0 Å². The summed E-state index contributed by atoms with van der Waals surface area (Å²) < 4.78 is 13.8. The van der Waals surface area contributed by atoms with Gasteiger partial charge in [-0.05, 0) is 18.2 Å². The first-order valence-electron chi connectivity index (χ1n) is 6.79. The number of nitrogens with zero attached hydrogens (tertiary/aromatic N) is 2. The fourth-order valence-corrected chi connectivity index (χ4v) is 2.79. The topological polar surface area (TPSA) is 29.5 Å². The molecule has 2 aromatic carbocycles. The van der Waals surface area contributed by atoms with Crippen molar-refractivity contribution in [2.75, 3.05) is 4.90 Å². The van der Waals surface area contributed by atoms with Crippen LogP contribution in [0, 0.1) is 0 Å². The number of benzene rings is 2. The lowest BCUT2D eigenvalue weighted by molar-refractivity contribution is -0.547. The lowest BCUT2D eigenvalue weighted by Gasteiger charge is -2.08. The Morgan fingerprint density at radius 3 is 2.81 bits per heavy atom. The molecule has 0 fully saturated rings. The molecule has 21 heavy (non-hydrogen) atoms. The first-order chi connectivity index (χ1) is 10.4. The molecular formula is C17H11N2O2+. The van der Waals surface area contributed by atoms with Gasteiger partial charge in [-0.2, -0.15) is 0 Å². The van der Waals surface area contributed by atoms with E-state index < -0.39 is 0 Å². The van der Waals surface area contributed by atoms with Crippen LogP contribution in [0.4, 0.5) is 5.69 Å². The fourth-order valence-electron chi connectivity index (χ4n) is 2.79. The Labute approximate surface area is 120 Å². The minimum Gasteiger partial charge on any atom is -0.438 e. The number of aromatic nitrogens is 1. The number of hydrogen-bond acceptors (Lipinski definition) is 3. The first-order valence-corrected chi connectivity index (χ1v) is 6.79. The summed E-state index contributed by atoms with van der Waals surface area (Å²) in [4.78, 5) is 2.02. The van der Waals surface area contributed by atoms with Crippen molar-refractivity contribution in [3.05, 3.63) is 66.5 Å². The largest absolute Gasteiger partial charge is 0.438 e. The third kappa shape index (κ3) is 1.41. The van der Waals surface area contributed by atoms with Crippen molar-refractivity contribution in [2.24, 2.45) is 0 Å². The van der Waals surface area contributed by atoms with Crippen molar-refractivity contribution >= 4 is 29.1 Å². The van der Waals surface area contributed by atoms with E-state index >= 15 is 0 Å². The second kappa shape index (κ2) is 3.76. The second-order valence-electron chi connectivity index (χ2n) is 5.00. The quantitative estimate of drug-likeness (QED) is 0.589. The molecule has 5 rings (SSSR count). The maximum atomic E-state index is 5.91. The van der Waals surface area contributed by atoms with E-state index in [0.29, 0.717) is 0 Å². The van der Waals surface area contributed by atoms with Crippen molar-refractivity contribution in [3.8, 4) is 5.75 Å². The lowest BCUT2D eigenvalue weighted by atomic mass is 10.3. The monoisotopic (exact) mass is 275 g/mol. The molecule has 0 saturated carbocycles. The van der Waals surface area contributed by atoms with Gasteiger partial charge >= 0.3 is 5.89 Å². The van der Waals surface area contributed by atoms with Crippen LogP contribution in [0.3, 0.4) is 0 Å². The molecule has 0 spiro atoms. The number of anilines is 1. The molecule has 0 saturated heterocycles. The predicted molar refractivity (Wildman–Crippen MR) is 79.3 cm³/mol. The smallest absolute Gasteiger partial charge is 0.385 e. The van der Waals surface area contributed by atoms with E-state index in [4.69, 9.17) is 9.15 Å². The Hall–Kier alpha value is -3.01. The van der Waals surface area contributed by atoms with Crippen molar-refractivity contribution in [2.45, 2.75) is 0 Å². The number of fused-ring (bicyclic) bond motifs is 6. The van der Waals surface area contributed by atoms with E-state index in [1.54, 1.807) is 0 Å². The average molecular weight is 275 g/mol. The van der Waals surface area contributed by atoms with Crippen molar-refractivity contribution < 1.29 is 13.7 Å². The van der Waals surface area contributed by atoms with Crippen LogP contribution < -0.4 is 14.2 Å². The number of ether oxygens (including phenoxy) is 1. The molecule has 0 amide bonds. The highest BCUT2D eigenvalue weighted by Crippen LogP contribution is 2.40. The van der Waals surface area contributed by atoms with Crippen LogP contribution in [0.1, 0.15) is 5.89 Å². The maximum absolute atomic E-state index is 5.91. The summed E-state index contributed by atoms with van der Waals surface area (Å²) in [5.74, 6) is 2.36. The van der Waals surface area contributed by atoms with Crippen molar-refractivity contribution in [1.29, 1.82) is 0 Å². The molecule has 2 aliphatic rings. The van der Waals surface area contributed by atoms with Gasteiger partial charge in [0.15, 0.2) is 11.9 Å². The summed E-state index contributed by atoms with van der Waals surface area (Å²) in [5, 5.41) is 0. The van der Waals surface area contributed by atoms with Gasteiger partial charge in [0.1, 0.15) is 6.08 Å². The van der Waals surface area contributed by atoms with E-state index in [0.717, 1.165) is 34.3 Å². The summed E-state index contributed by atoms with van der Waals surface area (Å²) in [6, 6.07) is 15.9. The van der Waals surface area contributed by atoms with Crippen LogP contribution in [0.5, 0.6) is 5.75 Å². The molecule has 0 atom stereocenters. The Balaban J connectivity index is 1.74. The van der Waals surface area contributed by atoms with Gasteiger partial charge in [-0.3, -0.25) is 4.90 Å². The molecule has 0 unspecified atom stereocenters. The van der Waals surface area contributed by atoms with Crippen LogP contribution in [0.25, 0.3) is 23.4 Å². The van der Waals surface area contributed by atoms with Gasteiger partial charge in [-0.1, -0.05) is 24.3 Å². The standard InChI is InChI=1S/C17H11N2O2/c1-3-7-14-12(5-1)18-9-10-19-13-6-2-4-8-15(13)21-17(19)11-16(18)20-14/h1-11H/q+1. The van der Waals surface area contributed by atoms with E-state index in [1.807, 2.05) is 76.5 Å². The molecule has 2 aliphatic heterocycles. The second-order valence-corrected chi connectivity index (χ2v) is 5.00. The Kier molecular flexibility index (Phi) is 1.92. The zero-order chi connectivity index (χ0) is 13.8. The van der Waals surface area contributed by atoms with Crippen LogP contribution in [0.2, 0.25) is 0 Å². The number of rotatable bonds is 0. The highest BCUT2D eigenvalue weighted by atomic mass is 16.5. The van der Waals surface area contributed by atoms with Gasteiger partial charge in [0.2, 0.25) is 11.5 Å². The Morgan fingerprint density at radius 2 is 1.81 bits per heavy atom. The summed E-state index contributed by atoms with van der Waals surface area (Å²) in [6.07, 6.45) is 5.91. The summed E-state index contributed by atoms with van der Waals surface area (Å²) >= 11 is 0. The van der Waals surface area contributed by atoms with Gasteiger partial charge in [0.25, 0.3) is 5.52 Å². The normalized spacial score (nSPS) is 15.0. The first kappa shape index (κ1) is 10.7. The van der Waals surface area contributed by atoms with Crippen molar-refractivity contribution in [1.82, 2.24) is 0 Å². The predicted octanol–water partition coefficient (Wildman–Crippen LogP) is 3.36. The minimum absolute atomic E-state index is 0.748. The van der Waals surface area contributed by atoms with E-state index in [9.17, 15) is 0 Å². The van der Waals surface area contributed by atoms with Gasteiger partial charge in [-0.15, -0.1) is 4.57 Å². The maximum Gasteiger partial charge on any atom is 0.385 e. The van der Waals surface area contributed by atoms with E-state index in [2.05, 4.69) is 0 Å². The lowest BCUT2D eigenvalue weighted by Crippen LogP contribution is -2.27. The van der Waals surface area contributed by atoms with Crippen molar-refractivity contribution in [3.63, 3.8) is 0 Å². The zero-order valence-electron chi connectivity index (χ0n) is 11.1. The van der Waals surface area contributed by atoms with Crippen LogP contribution in [0.15, 0.2) is 65.0 Å². The molecule has 4 nitrogen and oxygen atoms in total. The molecule has 0 radical (unpaired) electrons. The average Bonchev–Trinajstić information content (AvgIpc) is 2.98. The Bertz CT molecular complexity index is 937. The number of para-hydroxylation sites is 4. The molecular weight excluding hydrogens is 264 g/mol. The SMILES string of the molecule is C1=C[n+]2c(oc3ccccc32)C=C2Oc3ccccc3N12. The molecule has 3 aromatic rings. The third-order valence-corrected chi connectivity index (χ3v) is 3.77. The molecule has 1 aromatic heterocycles. The number of hydrogen-bond donors (Lipinski definition) is 0. The molecule has 4 heteroatoms. The van der Waals surface area contributed by atoms with E-state index in [-0.39, 0.29) is 0 Å². The zero-order valence-corrected chi connectivity index (χ0v) is 11.1. The highest BCUT2D eigenvalue weighted by molar-refractivity contribution is 5.75. The van der Waals surface area contributed by atoms with E-state index in [1.165, 1.54) is 0 Å². The molecule has 3 heterocycles. The van der Waals surface area contributed by atoms with Gasteiger partial charge in [0.05, 0.1) is 11.9 Å². The minimum atomic E-state index is 0.748. The van der Waals surface area contributed by atoms with Gasteiger partial charge < -0.3 is 9.15 Å².